The average Bonchev–Trinajstić information content (AvgIpc) is 2.40. The summed E-state index contributed by atoms with van der Waals surface area (Å²) in [6.07, 6.45) is 13.4. The van der Waals surface area contributed by atoms with Crippen molar-refractivity contribution in [3.05, 3.63) is 0 Å². The van der Waals surface area contributed by atoms with Crippen LogP contribution in [0.4, 0.5) is 0 Å². The molecule has 0 aromatic heterocycles. The second-order valence-corrected chi connectivity index (χ2v) is 6.06. The third kappa shape index (κ3) is 5.25. The first-order chi connectivity index (χ1) is 8.84. The minimum atomic E-state index is 0.426. The van der Waals surface area contributed by atoms with E-state index in [2.05, 4.69) is 5.32 Å². The quantitative estimate of drug-likeness (QED) is 0.716. The van der Waals surface area contributed by atoms with Crippen LogP contribution in [0.1, 0.15) is 64.2 Å². The predicted molar refractivity (Wildman–Crippen MR) is 75.7 cm³/mol. The molecule has 2 aliphatic rings. The fourth-order valence-electron chi connectivity index (χ4n) is 3.27. The largest absolute Gasteiger partial charge is 0.378 e. The van der Waals surface area contributed by atoms with Crippen LogP contribution in [0, 0.1) is 0 Å². The lowest BCUT2D eigenvalue weighted by atomic mass is 9.91. The van der Waals surface area contributed by atoms with Crippen LogP contribution in [0.2, 0.25) is 0 Å². The minimum Gasteiger partial charge on any atom is -0.378 e. The van der Waals surface area contributed by atoms with Crippen molar-refractivity contribution in [2.75, 3.05) is 13.2 Å². The molecule has 0 amide bonds. The van der Waals surface area contributed by atoms with Crippen molar-refractivity contribution >= 4 is 0 Å². The van der Waals surface area contributed by atoms with Gasteiger partial charge in [-0.1, -0.05) is 25.7 Å². The van der Waals surface area contributed by atoms with Gasteiger partial charge < -0.3 is 15.8 Å². The fourth-order valence-corrected chi connectivity index (χ4v) is 3.27. The zero-order valence-corrected chi connectivity index (χ0v) is 11.7. The summed E-state index contributed by atoms with van der Waals surface area (Å²) in [7, 11) is 0. The van der Waals surface area contributed by atoms with Crippen LogP contribution in [0.3, 0.4) is 0 Å². The molecule has 0 aliphatic heterocycles. The van der Waals surface area contributed by atoms with E-state index < -0.39 is 0 Å². The number of hydrogen-bond acceptors (Lipinski definition) is 3. The van der Waals surface area contributed by atoms with Crippen molar-refractivity contribution in [2.24, 2.45) is 5.73 Å². The SMILES string of the molecule is NC1CCCC(NCCCOC2CCCCC2)C1. The second kappa shape index (κ2) is 8.13. The van der Waals surface area contributed by atoms with Crippen molar-refractivity contribution in [2.45, 2.75) is 82.4 Å². The Morgan fingerprint density at radius 3 is 2.61 bits per heavy atom. The van der Waals surface area contributed by atoms with Crippen molar-refractivity contribution in [1.82, 2.24) is 5.32 Å². The summed E-state index contributed by atoms with van der Waals surface area (Å²) in [5.41, 5.74) is 5.99. The molecule has 106 valence electrons. The number of nitrogens with one attached hydrogen (secondary N) is 1. The molecular weight excluding hydrogens is 224 g/mol. The summed E-state index contributed by atoms with van der Waals surface area (Å²) < 4.78 is 5.93. The summed E-state index contributed by atoms with van der Waals surface area (Å²) in [6, 6.07) is 1.08. The molecule has 2 aliphatic carbocycles. The van der Waals surface area contributed by atoms with Gasteiger partial charge in [0.15, 0.2) is 0 Å². The number of ether oxygens (including phenoxy) is 1. The molecule has 2 fully saturated rings. The standard InChI is InChI=1S/C15H30N2O/c16-13-6-4-7-14(12-13)17-10-5-11-18-15-8-2-1-3-9-15/h13-15,17H,1-12,16H2. The minimum absolute atomic E-state index is 0.426. The second-order valence-electron chi connectivity index (χ2n) is 6.06. The van der Waals surface area contributed by atoms with E-state index in [0.717, 1.165) is 26.0 Å². The maximum atomic E-state index is 5.99. The van der Waals surface area contributed by atoms with Crippen LogP contribution in [0.15, 0.2) is 0 Å². The molecule has 0 aromatic carbocycles. The Kier molecular flexibility index (Phi) is 6.46. The molecular formula is C15H30N2O. The average molecular weight is 254 g/mol. The topological polar surface area (TPSA) is 47.3 Å². The van der Waals surface area contributed by atoms with E-state index in [1.54, 1.807) is 0 Å². The van der Waals surface area contributed by atoms with E-state index in [4.69, 9.17) is 10.5 Å². The first kappa shape index (κ1) is 14.3. The molecule has 3 heteroatoms. The van der Waals surface area contributed by atoms with Gasteiger partial charge in [-0.2, -0.15) is 0 Å². The predicted octanol–water partition coefficient (Wildman–Crippen LogP) is 2.59. The zero-order valence-electron chi connectivity index (χ0n) is 11.7. The van der Waals surface area contributed by atoms with E-state index in [-0.39, 0.29) is 0 Å². The monoisotopic (exact) mass is 254 g/mol. The van der Waals surface area contributed by atoms with Gasteiger partial charge in [0.25, 0.3) is 0 Å². The molecule has 0 aromatic rings. The lowest BCUT2D eigenvalue weighted by Crippen LogP contribution is -2.40. The smallest absolute Gasteiger partial charge is 0.0575 e. The van der Waals surface area contributed by atoms with E-state index >= 15 is 0 Å². The van der Waals surface area contributed by atoms with Gasteiger partial charge in [0.05, 0.1) is 6.10 Å². The molecule has 3 N–H and O–H groups in total. The van der Waals surface area contributed by atoms with Gasteiger partial charge in [-0.05, 0) is 45.1 Å². The maximum absolute atomic E-state index is 5.99. The summed E-state index contributed by atoms with van der Waals surface area (Å²) in [4.78, 5) is 0. The van der Waals surface area contributed by atoms with Crippen LogP contribution in [0.5, 0.6) is 0 Å². The lowest BCUT2D eigenvalue weighted by Gasteiger charge is -2.27. The molecule has 0 radical (unpaired) electrons. The first-order valence-electron chi connectivity index (χ1n) is 7.95. The Balaban J connectivity index is 1.45. The van der Waals surface area contributed by atoms with Crippen LogP contribution in [-0.4, -0.2) is 31.3 Å². The highest BCUT2D eigenvalue weighted by Crippen LogP contribution is 2.20. The highest BCUT2D eigenvalue weighted by atomic mass is 16.5. The Hall–Kier alpha value is -0.120. The van der Waals surface area contributed by atoms with Gasteiger partial charge in [0.2, 0.25) is 0 Å². The first-order valence-corrected chi connectivity index (χ1v) is 7.95. The van der Waals surface area contributed by atoms with Crippen LogP contribution in [0.25, 0.3) is 0 Å². The Morgan fingerprint density at radius 2 is 1.83 bits per heavy atom. The molecule has 2 unspecified atom stereocenters. The summed E-state index contributed by atoms with van der Waals surface area (Å²) >= 11 is 0. The third-order valence-electron chi connectivity index (χ3n) is 4.37. The van der Waals surface area contributed by atoms with Gasteiger partial charge in [-0.15, -0.1) is 0 Å². The van der Waals surface area contributed by atoms with Crippen LogP contribution in [-0.2, 0) is 4.74 Å². The molecule has 0 heterocycles. The van der Waals surface area contributed by atoms with Crippen molar-refractivity contribution in [3.63, 3.8) is 0 Å². The molecule has 0 saturated heterocycles. The highest BCUT2D eigenvalue weighted by molar-refractivity contribution is 4.79. The highest BCUT2D eigenvalue weighted by Gasteiger charge is 2.18. The maximum Gasteiger partial charge on any atom is 0.0575 e. The normalized spacial score (nSPS) is 30.5. The number of nitrogens with two attached hydrogens (primary N) is 1. The zero-order chi connectivity index (χ0) is 12.6. The van der Waals surface area contributed by atoms with Gasteiger partial charge in [-0.3, -0.25) is 0 Å². The van der Waals surface area contributed by atoms with Crippen LogP contribution < -0.4 is 11.1 Å². The van der Waals surface area contributed by atoms with E-state index in [1.807, 2.05) is 0 Å². The molecule has 0 bridgehead atoms. The van der Waals surface area contributed by atoms with E-state index in [0.29, 0.717) is 18.2 Å². The summed E-state index contributed by atoms with van der Waals surface area (Å²) in [6.45, 7) is 2.01. The Bertz CT molecular complexity index is 217. The van der Waals surface area contributed by atoms with Crippen molar-refractivity contribution in [3.8, 4) is 0 Å². The Labute approximate surface area is 112 Å². The van der Waals surface area contributed by atoms with Crippen molar-refractivity contribution < 1.29 is 4.74 Å². The molecule has 2 atom stereocenters. The lowest BCUT2D eigenvalue weighted by molar-refractivity contribution is 0.0269. The van der Waals surface area contributed by atoms with Gasteiger partial charge >= 0.3 is 0 Å². The summed E-state index contributed by atoms with van der Waals surface area (Å²) in [5, 5.41) is 3.63. The van der Waals surface area contributed by atoms with Gasteiger partial charge in [0, 0.05) is 18.7 Å². The number of rotatable bonds is 6. The Morgan fingerprint density at radius 1 is 1.00 bits per heavy atom. The van der Waals surface area contributed by atoms with Gasteiger partial charge in [-0.25, -0.2) is 0 Å². The summed E-state index contributed by atoms with van der Waals surface area (Å²) in [5.74, 6) is 0. The van der Waals surface area contributed by atoms with E-state index in [9.17, 15) is 0 Å². The molecule has 2 rings (SSSR count). The van der Waals surface area contributed by atoms with Crippen LogP contribution >= 0.6 is 0 Å². The molecule has 18 heavy (non-hydrogen) atoms. The fraction of sp³-hybridized carbons (Fsp3) is 1.00. The van der Waals surface area contributed by atoms with Gasteiger partial charge in [0.1, 0.15) is 0 Å². The van der Waals surface area contributed by atoms with Crippen molar-refractivity contribution in [1.29, 1.82) is 0 Å². The molecule has 3 nitrogen and oxygen atoms in total. The number of hydrogen-bond donors (Lipinski definition) is 2. The van der Waals surface area contributed by atoms with E-state index in [1.165, 1.54) is 51.4 Å². The molecule has 0 spiro atoms. The molecule has 2 saturated carbocycles. The third-order valence-corrected chi connectivity index (χ3v) is 4.37.